The monoisotopic (exact) mass is 349 g/mol. The molecule has 1 saturated heterocycles. The molecule has 2 aromatic heterocycles. The summed E-state index contributed by atoms with van der Waals surface area (Å²) in [6, 6.07) is 7.05. The fourth-order valence-electron chi connectivity index (χ4n) is 2.92. The zero-order valence-electron chi connectivity index (χ0n) is 14.5. The van der Waals surface area contributed by atoms with Gasteiger partial charge in [-0.3, -0.25) is 14.8 Å². The third-order valence-electron chi connectivity index (χ3n) is 4.45. The number of amides is 1. The first-order valence-corrected chi connectivity index (χ1v) is 8.47. The molecule has 1 aliphatic heterocycles. The molecule has 0 bridgehead atoms. The Kier molecular flexibility index (Phi) is 4.40. The second-order valence-corrected chi connectivity index (χ2v) is 6.27. The number of likely N-dealkylation sites (N-methyl/N-ethyl adjacent to an activating group) is 1. The minimum Gasteiger partial charge on any atom is -0.354 e. The van der Waals surface area contributed by atoms with E-state index in [-0.39, 0.29) is 5.91 Å². The summed E-state index contributed by atoms with van der Waals surface area (Å²) in [5.41, 5.74) is 1.95. The third-order valence-corrected chi connectivity index (χ3v) is 4.45. The number of fused-ring (bicyclic) bond motifs is 1. The Morgan fingerprint density at radius 1 is 0.962 bits per heavy atom. The van der Waals surface area contributed by atoms with Gasteiger partial charge in [0.2, 0.25) is 0 Å². The number of aromatic nitrogens is 4. The molecule has 0 radical (unpaired) electrons. The molecule has 0 unspecified atom stereocenters. The topological polar surface area (TPSA) is 87.1 Å². The molecule has 3 aromatic rings. The number of hydrogen-bond donors (Lipinski definition) is 1. The van der Waals surface area contributed by atoms with E-state index < -0.39 is 0 Å². The maximum atomic E-state index is 12.5. The van der Waals surface area contributed by atoms with Gasteiger partial charge < -0.3 is 15.1 Å². The molecule has 1 aliphatic rings. The minimum absolute atomic E-state index is 0.236. The van der Waals surface area contributed by atoms with Crippen molar-refractivity contribution in [3.63, 3.8) is 0 Å². The van der Waals surface area contributed by atoms with E-state index in [0.717, 1.165) is 37.5 Å². The van der Waals surface area contributed by atoms with E-state index in [9.17, 15) is 4.79 Å². The molecule has 4 rings (SSSR count). The molecule has 0 aliphatic carbocycles. The van der Waals surface area contributed by atoms with Crippen molar-refractivity contribution in [3.8, 4) is 0 Å². The van der Waals surface area contributed by atoms with Gasteiger partial charge in [-0.15, -0.1) is 0 Å². The van der Waals surface area contributed by atoms with Crippen molar-refractivity contribution < 1.29 is 4.79 Å². The second-order valence-electron chi connectivity index (χ2n) is 6.27. The van der Waals surface area contributed by atoms with Gasteiger partial charge in [-0.25, -0.2) is 9.97 Å². The summed E-state index contributed by atoms with van der Waals surface area (Å²) >= 11 is 0. The standard InChI is InChI=1S/C18H19N7O/c1-24-6-8-25(9-7-24)17-11-16(21-12-22-17)23-18(26)13-2-3-14-15(10-13)20-5-4-19-14/h2-5,10-12H,6-9H2,1H3,(H,21,22,23,26). The highest BCUT2D eigenvalue weighted by molar-refractivity contribution is 6.05. The molecule has 3 heterocycles. The first kappa shape index (κ1) is 16.3. The second kappa shape index (κ2) is 7.01. The molecule has 8 heteroatoms. The van der Waals surface area contributed by atoms with Gasteiger partial charge >= 0.3 is 0 Å². The summed E-state index contributed by atoms with van der Waals surface area (Å²) in [6.45, 7) is 3.79. The maximum Gasteiger partial charge on any atom is 0.256 e. The van der Waals surface area contributed by atoms with Gasteiger partial charge in [0.05, 0.1) is 11.0 Å². The van der Waals surface area contributed by atoms with Crippen LogP contribution in [-0.4, -0.2) is 64.0 Å². The SMILES string of the molecule is CN1CCN(c2cc(NC(=O)c3ccc4nccnc4c3)ncn2)CC1. The Hall–Kier alpha value is -3.13. The lowest BCUT2D eigenvalue weighted by atomic mass is 10.2. The molecular formula is C18H19N7O. The fourth-order valence-corrected chi connectivity index (χ4v) is 2.92. The van der Waals surface area contributed by atoms with Gasteiger partial charge in [0.25, 0.3) is 5.91 Å². The highest BCUT2D eigenvalue weighted by atomic mass is 16.1. The van der Waals surface area contributed by atoms with Crippen molar-refractivity contribution in [2.75, 3.05) is 43.4 Å². The summed E-state index contributed by atoms with van der Waals surface area (Å²) in [4.78, 5) is 34.0. The van der Waals surface area contributed by atoms with Crippen molar-refractivity contribution in [2.24, 2.45) is 0 Å². The molecule has 1 aromatic carbocycles. The molecule has 0 saturated carbocycles. The van der Waals surface area contributed by atoms with E-state index in [0.29, 0.717) is 16.9 Å². The number of piperazine rings is 1. The smallest absolute Gasteiger partial charge is 0.256 e. The number of rotatable bonds is 3. The summed E-state index contributed by atoms with van der Waals surface area (Å²) in [5, 5.41) is 2.84. The van der Waals surface area contributed by atoms with E-state index in [1.54, 1.807) is 30.6 Å². The van der Waals surface area contributed by atoms with Crippen LogP contribution in [-0.2, 0) is 0 Å². The predicted octanol–water partition coefficient (Wildman–Crippen LogP) is 1.42. The zero-order chi connectivity index (χ0) is 17.9. The number of nitrogens with zero attached hydrogens (tertiary/aromatic N) is 6. The van der Waals surface area contributed by atoms with Crippen molar-refractivity contribution in [1.29, 1.82) is 0 Å². The van der Waals surface area contributed by atoms with Gasteiger partial charge in [-0.2, -0.15) is 0 Å². The van der Waals surface area contributed by atoms with E-state index in [1.165, 1.54) is 6.33 Å². The largest absolute Gasteiger partial charge is 0.354 e. The van der Waals surface area contributed by atoms with E-state index in [2.05, 4.69) is 42.1 Å². The van der Waals surface area contributed by atoms with Crippen LogP contribution in [0.25, 0.3) is 11.0 Å². The molecule has 132 valence electrons. The van der Waals surface area contributed by atoms with Crippen LogP contribution in [0.3, 0.4) is 0 Å². The van der Waals surface area contributed by atoms with Gasteiger partial charge in [-0.05, 0) is 25.2 Å². The molecular weight excluding hydrogens is 330 g/mol. The fraction of sp³-hybridized carbons (Fsp3) is 0.278. The molecule has 1 amide bonds. The Morgan fingerprint density at radius 3 is 2.54 bits per heavy atom. The quantitative estimate of drug-likeness (QED) is 0.765. The normalized spacial score (nSPS) is 15.2. The van der Waals surface area contributed by atoms with Crippen LogP contribution < -0.4 is 10.2 Å². The first-order chi connectivity index (χ1) is 12.7. The van der Waals surface area contributed by atoms with Crippen LogP contribution in [0.15, 0.2) is 43.0 Å². The molecule has 8 nitrogen and oxygen atoms in total. The molecule has 0 atom stereocenters. The maximum absolute atomic E-state index is 12.5. The number of hydrogen-bond acceptors (Lipinski definition) is 7. The van der Waals surface area contributed by atoms with Gasteiger partial charge in [-0.1, -0.05) is 0 Å². The highest BCUT2D eigenvalue weighted by Crippen LogP contribution is 2.17. The van der Waals surface area contributed by atoms with Gasteiger partial charge in [0.1, 0.15) is 18.0 Å². The lowest BCUT2D eigenvalue weighted by Gasteiger charge is -2.33. The Balaban J connectivity index is 1.51. The molecule has 0 spiro atoms. The number of carbonyl (C=O) groups is 1. The van der Waals surface area contributed by atoms with Crippen molar-refractivity contribution in [3.05, 3.63) is 48.5 Å². The van der Waals surface area contributed by atoms with Crippen LogP contribution in [0.4, 0.5) is 11.6 Å². The van der Waals surface area contributed by atoms with Crippen molar-refractivity contribution in [1.82, 2.24) is 24.8 Å². The van der Waals surface area contributed by atoms with E-state index in [1.807, 2.05) is 6.07 Å². The van der Waals surface area contributed by atoms with E-state index >= 15 is 0 Å². The van der Waals surface area contributed by atoms with Crippen LogP contribution in [0.5, 0.6) is 0 Å². The summed E-state index contributed by atoms with van der Waals surface area (Å²) in [5.74, 6) is 1.08. The van der Waals surface area contributed by atoms with Gasteiger partial charge in [0, 0.05) is 50.2 Å². The Labute approximate surface area is 150 Å². The lowest BCUT2D eigenvalue weighted by Crippen LogP contribution is -2.44. The molecule has 26 heavy (non-hydrogen) atoms. The lowest BCUT2D eigenvalue weighted by molar-refractivity contribution is 0.102. The third kappa shape index (κ3) is 3.45. The number of anilines is 2. The molecule has 1 fully saturated rings. The number of nitrogens with one attached hydrogen (secondary N) is 1. The number of benzene rings is 1. The zero-order valence-corrected chi connectivity index (χ0v) is 14.5. The summed E-state index contributed by atoms with van der Waals surface area (Å²) in [7, 11) is 2.11. The van der Waals surface area contributed by atoms with Crippen LogP contribution in [0, 0.1) is 0 Å². The van der Waals surface area contributed by atoms with Gasteiger partial charge in [0.15, 0.2) is 0 Å². The predicted molar refractivity (Wildman–Crippen MR) is 99.2 cm³/mol. The van der Waals surface area contributed by atoms with Crippen molar-refractivity contribution in [2.45, 2.75) is 0 Å². The first-order valence-electron chi connectivity index (χ1n) is 8.47. The van der Waals surface area contributed by atoms with Crippen LogP contribution >= 0.6 is 0 Å². The number of carbonyl (C=O) groups excluding carboxylic acids is 1. The molecule has 1 N–H and O–H groups in total. The van der Waals surface area contributed by atoms with Crippen LogP contribution in [0.1, 0.15) is 10.4 Å². The van der Waals surface area contributed by atoms with Crippen molar-refractivity contribution >= 4 is 28.6 Å². The minimum atomic E-state index is -0.236. The van der Waals surface area contributed by atoms with E-state index in [4.69, 9.17) is 0 Å². The average Bonchev–Trinajstić information content (AvgIpc) is 2.68. The average molecular weight is 349 g/mol. The summed E-state index contributed by atoms with van der Waals surface area (Å²) in [6.07, 6.45) is 4.72. The Morgan fingerprint density at radius 2 is 1.73 bits per heavy atom. The Bertz CT molecular complexity index is 937. The van der Waals surface area contributed by atoms with Crippen LogP contribution in [0.2, 0.25) is 0 Å². The summed E-state index contributed by atoms with van der Waals surface area (Å²) < 4.78 is 0. The highest BCUT2D eigenvalue weighted by Gasteiger charge is 2.16.